The third-order valence-electron chi connectivity index (χ3n) is 5.54. The number of ether oxygens (including phenoxy) is 3. The number of carbonyl (C=O) groups excluding carboxylic acids is 1. The van der Waals surface area contributed by atoms with E-state index in [1.54, 1.807) is 36.4 Å². The molecule has 7 heteroatoms. The van der Waals surface area contributed by atoms with Crippen LogP contribution in [0.2, 0.25) is 0 Å². The summed E-state index contributed by atoms with van der Waals surface area (Å²) < 4.78 is 22.1. The summed E-state index contributed by atoms with van der Waals surface area (Å²) in [6, 6.07) is 14.3. The van der Waals surface area contributed by atoms with Crippen LogP contribution < -0.4 is 20.4 Å². The fourth-order valence-electron chi connectivity index (χ4n) is 3.98. The highest BCUT2D eigenvalue weighted by Gasteiger charge is 2.29. The normalized spacial score (nSPS) is 17.7. The van der Waals surface area contributed by atoms with E-state index in [1.165, 1.54) is 7.11 Å². The van der Waals surface area contributed by atoms with Crippen molar-refractivity contribution >= 4 is 16.9 Å². The number of fused-ring (bicyclic) bond motifs is 1. The molecular weight excluding hydrogens is 410 g/mol. The molecule has 4 rings (SSSR count). The predicted molar refractivity (Wildman–Crippen MR) is 121 cm³/mol. The van der Waals surface area contributed by atoms with Crippen molar-refractivity contribution in [3.63, 3.8) is 0 Å². The maximum atomic E-state index is 12.5. The van der Waals surface area contributed by atoms with Gasteiger partial charge in [-0.25, -0.2) is 4.79 Å². The molecule has 0 bridgehead atoms. The third kappa shape index (κ3) is 4.94. The first-order valence-corrected chi connectivity index (χ1v) is 10.6. The van der Waals surface area contributed by atoms with Crippen LogP contribution in [0, 0.1) is 0 Å². The molecule has 1 amide bonds. The maximum Gasteiger partial charge on any atom is 0.344 e. The van der Waals surface area contributed by atoms with Gasteiger partial charge in [0.15, 0.2) is 17.9 Å². The summed E-state index contributed by atoms with van der Waals surface area (Å²) in [5.74, 6) is 0.890. The van der Waals surface area contributed by atoms with Crippen molar-refractivity contribution in [2.24, 2.45) is 0 Å². The van der Waals surface area contributed by atoms with Gasteiger partial charge in [0.25, 0.3) is 5.91 Å². The van der Waals surface area contributed by atoms with Crippen LogP contribution in [0.4, 0.5) is 0 Å². The van der Waals surface area contributed by atoms with Crippen LogP contribution in [-0.4, -0.2) is 37.9 Å². The van der Waals surface area contributed by atoms with E-state index in [4.69, 9.17) is 18.6 Å². The van der Waals surface area contributed by atoms with Gasteiger partial charge in [0.1, 0.15) is 5.75 Å². The van der Waals surface area contributed by atoms with E-state index < -0.39 is 5.63 Å². The van der Waals surface area contributed by atoms with Crippen molar-refractivity contribution in [2.45, 2.75) is 38.3 Å². The molecule has 0 spiro atoms. The monoisotopic (exact) mass is 437 g/mol. The Bertz CT molecular complexity index is 1170. The van der Waals surface area contributed by atoms with E-state index in [9.17, 15) is 9.59 Å². The zero-order chi connectivity index (χ0) is 22.7. The van der Waals surface area contributed by atoms with Gasteiger partial charge >= 0.3 is 5.63 Å². The molecule has 32 heavy (non-hydrogen) atoms. The number of nitrogens with one attached hydrogen (secondary N) is 1. The van der Waals surface area contributed by atoms with E-state index in [0.717, 1.165) is 18.2 Å². The number of carbonyl (C=O) groups is 1. The van der Waals surface area contributed by atoms with Gasteiger partial charge in [-0.3, -0.25) is 4.79 Å². The first-order valence-electron chi connectivity index (χ1n) is 10.6. The van der Waals surface area contributed by atoms with Gasteiger partial charge < -0.3 is 23.9 Å². The summed E-state index contributed by atoms with van der Waals surface area (Å²) in [5, 5.41) is 3.78. The molecule has 168 valence electrons. The van der Waals surface area contributed by atoms with Crippen molar-refractivity contribution in [2.75, 3.05) is 20.3 Å². The second-order valence-electron chi connectivity index (χ2n) is 8.50. The van der Waals surface area contributed by atoms with E-state index in [1.807, 2.05) is 26.0 Å². The first-order chi connectivity index (χ1) is 15.3. The van der Waals surface area contributed by atoms with Crippen molar-refractivity contribution in [3.05, 3.63) is 59.0 Å². The highest BCUT2D eigenvalue weighted by Crippen LogP contribution is 2.28. The van der Waals surface area contributed by atoms with Gasteiger partial charge in [0.2, 0.25) is 0 Å². The van der Waals surface area contributed by atoms with Crippen LogP contribution >= 0.6 is 0 Å². The number of methoxy groups -OCH3 is 1. The van der Waals surface area contributed by atoms with Crippen molar-refractivity contribution in [1.82, 2.24) is 5.32 Å². The summed E-state index contributed by atoms with van der Waals surface area (Å²) in [6.07, 6.45) is 1.57. The molecule has 1 aliphatic heterocycles. The largest absolute Gasteiger partial charge is 0.493 e. The topological polar surface area (TPSA) is 87.0 Å². The van der Waals surface area contributed by atoms with Gasteiger partial charge in [0.05, 0.1) is 18.3 Å². The van der Waals surface area contributed by atoms with Gasteiger partial charge in [0, 0.05) is 18.0 Å². The van der Waals surface area contributed by atoms with Crippen molar-refractivity contribution in [3.8, 4) is 22.6 Å². The molecule has 1 saturated heterocycles. The zero-order valence-corrected chi connectivity index (χ0v) is 18.5. The molecule has 3 aromatic rings. The van der Waals surface area contributed by atoms with Crippen LogP contribution in [0.5, 0.6) is 11.5 Å². The summed E-state index contributed by atoms with van der Waals surface area (Å²) in [6.45, 7) is 4.61. The van der Waals surface area contributed by atoms with E-state index in [0.29, 0.717) is 34.8 Å². The quantitative estimate of drug-likeness (QED) is 0.588. The Hall–Kier alpha value is -3.32. The molecule has 1 aliphatic rings. The van der Waals surface area contributed by atoms with Crippen molar-refractivity contribution in [1.29, 1.82) is 0 Å². The predicted octanol–water partition coefficient (Wildman–Crippen LogP) is 3.92. The van der Waals surface area contributed by atoms with Gasteiger partial charge in [-0.2, -0.15) is 0 Å². The summed E-state index contributed by atoms with van der Waals surface area (Å²) >= 11 is 0. The molecule has 0 unspecified atom stereocenters. The molecule has 7 nitrogen and oxygen atoms in total. The number of benzene rings is 2. The second kappa shape index (κ2) is 9.04. The van der Waals surface area contributed by atoms with Crippen LogP contribution in [0.15, 0.2) is 57.7 Å². The first kappa shape index (κ1) is 21.9. The van der Waals surface area contributed by atoms with E-state index in [-0.39, 0.29) is 24.2 Å². The van der Waals surface area contributed by atoms with E-state index in [2.05, 4.69) is 5.32 Å². The molecule has 0 saturated carbocycles. The standard InChI is InChI=1S/C25H27NO6/c1-25(2)14-18(11-12-31-25)26-22(27)15-30-19-9-7-16(8-10-19)20-13-17-5-4-6-21(29-3)23(17)32-24(20)28/h4-10,13,18H,11-12,14-15H2,1-3H3,(H,26,27)/t18-/m1/s1. The number of hydrogen-bond acceptors (Lipinski definition) is 6. The molecule has 2 aromatic carbocycles. The minimum Gasteiger partial charge on any atom is -0.493 e. The lowest BCUT2D eigenvalue weighted by Gasteiger charge is -2.35. The minimum absolute atomic E-state index is 0.0744. The molecule has 1 aromatic heterocycles. The third-order valence-corrected chi connectivity index (χ3v) is 5.54. The fourth-order valence-corrected chi connectivity index (χ4v) is 3.98. The molecule has 1 atom stereocenters. The van der Waals surface area contributed by atoms with Gasteiger partial charge in [-0.05, 0) is 56.5 Å². The second-order valence-corrected chi connectivity index (χ2v) is 8.50. The lowest BCUT2D eigenvalue weighted by Crippen LogP contribution is -2.47. The number of rotatable bonds is 6. The smallest absolute Gasteiger partial charge is 0.344 e. The SMILES string of the molecule is COc1cccc2cc(-c3ccc(OCC(=O)N[C@@H]4CCOC(C)(C)C4)cc3)c(=O)oc12. The molecule has 1 N–H and O–H groups in total. The maximum absolute atomic E-state index is 12.5. The number of hydrogen-bond donors (Lipinski definition) is 1. The average Bonchev–Trinajstić information content (AvgIpc) is 2.76. The molecule has 1 fully saturated rings. The molecular formula is C25H27NO6. The minimum atomic E-state index is -0.450. The molecule has 2 heterocycles. The average molecular weight is 437 g/mol. The molecule has 0 radical (unpaired) electrons. The lowest BCUT2D eigenvalue weighted by molar-refractivity contribution is -0.126. The Morgan fingerprint density at radius 1 is 1.19 bits per heavy atom. The summed E-state index contributed by atoms with van der Waals surface area (Å²) in [7, 11) is 1.53. The Morgan fingerprint density at radius 2 is 1.97 bits per heavy atom. The Morgan fingerprint density at radius 3 is 2.69 bits per heavy atom. The van der Waals surface area contributed by atoms with Crippen LogP contribution in [0.25, 0.3) is 22.1 Å². The van der Waals surface area contributed by atoms with Crippen LogP contribution in [0.3, 0.4) is 0 Å². The fraction of sp³-hybridized carbons (Fsp3) is 0.360. The highest BCUT2D eigenvalue weighted by atomic mass is 16.5. The van der Waals surface area contributed by atoms with Gasteiger partial charge in [-0.15, -0.1) is 0 Å². The van der Waals surface area contributed by atoms with Crippen LogP contribution in [-0.2, 0) is 9.53 Å². The van der Waals surface area contributed by atoms with E-state index >= 15 is 0 Å². The molecule has 0 aliphatic carbocycles. The van der Waals surface area contributed by atoms with Crippen LogP contribution in [0.1, 0.15) is 26.7 Å². The highest BCUT2D eigenvalue weighted by molar-refractivity contribution is 5.86. The number of amides is 1. The van der Waals surface area contributed by atoms with Gasteiger partial charge in [-0.1, -0.05) is 24.3 Å². The number of para-hydroxylation sites is 1. The summed E-state index contributed by atoms with van der Waals surface area (Å²) in [4.78, 5) is 24.8. The Balaban J connectivity index is 1.41. The Kier molecular flexibility index (Phi) is 6.19. The summed E-state index contributed by atoms with van der Waals surface area (Å²) in [5.41, 5.74) is 0.881. The lowest BCUT2D eigenvalue weighted by atomic mass is 9.94. The Labute approximate surface area is 186 Å². The van der Waals surface area contributed by atoms with Crippen molar-refractivity contribution < 1.29 is 23.4 Å². The zero-order valence-electron chi connectivity index (χ0n) is 18.5.